The predicted molar refractivity (Wildman–Crippen MR) is 121 cm³/mol. The van der Waals surface area contributed by atoms with Crippen LogP contribution in [-0.4, -0.2) is 42.9 Å². The lowest BCUT2D eigenvalue weighted by Crippen LogP contribution is -2.42. The fourth-order valence-electron chi connectivity index (χ4n) is 4.80. The second-order valence-electron chi connectivity index (χ2n) is 9.04. The van der Waals surface area contributed by atoms with Crippen molar-refractivity contribution < 1.29 is 9.59 Å². The third-order valence-corrected chi connectivity index (χ3v) is 6.23. The van der Waals surface area contributed by atoms with Crippen LogP contribution >= 0.6 is 12.4 Å². The number of carbonyl (C=O) groups is 2. The third-order valence-electron chi connectivity index (χ3n) is 6.23. The highest BCUT2D eigenvalue weighted by Gasteiger charge is 2.28. The molecular weight excluding hydrogens is 386 g/mol. The van der Waals surface area contributed by atoms with Gasteiger partial charge in [0.05, 0.1) is 11.3 Å². The van der Waals surface area contributed by atoms with E-state index in [1.807, 2.05) is 29.2 Å². The molecule has 3 rings (SSSR count). The van der Waals surface area contributed by atoms with Gasteiger partial charge in [-0.25, -0.2) is 0 Å². The number of carbonyl (C=O) groups excluding carboxylic acids is 2. The second kappa shape index (κ2) is 11.0. The van der Waals surface area contributed by atoms with E-state index in [2.05, 4.69) is 31.4 Å². The molecule has 1 aromatic carbocycles. The molecule has 5 nitrogen and oxygen atoms in total. The largest absolute Gasteiger partial charge is 0.338 e. The number of piperidine rings is 2. The number of nitrogens with zero attached hydrogens (tertiary/aromatic N) is 1. The molecular formula is C23H36ClN3O2. The van der Waals surface area contributed by atoms with E-state index in [9.17, 15) is 9.59 Å². The lowest BCUT2D eigenvalue weighted by Gasteiger charge is -2.35. The van der Waals surface area contributed by atoms with E-state index in [1.165, 1.54) is 12.8 Å². The number of benzene rings is 1. The minimum atomic E-state index is -0.00120. The van der Waals surface area contributed by atoms with E-state index in [0.717, 1.165) is 32.6 Å². The van der Waals surface area contributed by atoms with E-state index in [0.29, 0.717) is 41.3 Å². The van der Waals surface area contributed by atoms with Gasteiger partial charge >= 0.3 is 0 Å². The molecule has 2 aliphatic rings. The summed E-state index contributed by atoms with van der Waals surface area (Å²) in [5, 5.41) is 6.44. The van der Waals surface area contributed by atoms with Crippen molar-refractivity contribution in [3.05, 3.63) is 29.8 Å². The maximum absolute atomic E-state index is 13.1. The van der Waals surface area contributed by atoms with E-state index >= 15 is 0 Å². The fraction of sp³-hybridized carbons (Fsp3) is 0.652. The van der Waals surface area contributed by atoms with Crippen molar-refractivity contribution in [2.75, 3.05) is 31.5 Å². The second-order valence-corrected chi connectivity index (χ2v) is 9.04. The van der Waals surface area contributed by atoms with Crippen LogP contribution in [0.5, 0.6) is 0 Å². The molecule has 0 bridgehead atoms. The zero-order valence-corrected chi connectivity index (χ0v) is 18.8. The van der Waals surface area contributed by atoms with Crippen LogP contribution in [0.1, 0.15) is 56.8 Å². The number of hydrogen-bond acceptors (Lipinski definition) is 3. The van der Waals surface area contributed by atoms with Crippen LogP contribution in [0.2, 0.25) is 0 Å². The molecule has 0 radical (unpaired) electrons. The number of anilines is 1. The molecule has 4 atom stereocenters. The molecule has 0 aliphatic carbocycles. The summed E-state index contributed by atoms with van der Waals surface area (Å²) in [7, 11) is 0. The topological polar surface area (TPSA) is 61.4 Å². The summed E-state index contributed by atoms with van der Waals surface area (Å²) in [6.45, 7) is 10.2. The molecule has 1 aromatic rings. The van der Waals surface area contributed by atoms with Crippen molar-refractivity contribution in [2.45, 2.75) is 46.5 Å². The van der Waals surface area contributed by atoms with Crippen LogP contribution in [0.15, 0.2) is 24.3 Å². The van der Waals surface area contributed by atoms with Crippen molar-refractivity contribution in [3.63, 3.8) is 0 Å². The Morgan fingerprint density at radius 2 is 1.90 bits per heavy atom. The third kappa shape index (κ3) is 6.45. The maximum atomic E-state index is 13.1. The molecule has 29 heavy (non-hydrogen) atoms. The molecule has 2 fully saturated rings. The number of para-hydroxylation sites is 1. The van der Waals surface area contributed by atoms with Crippen LogP contribution in [0.4, 0.5) is 5.69 Å². The van der Waals surface area contributed by atoms with Gasteiger partial charge in [-0.05, 0) is 68.2 Å². The van der Waals surface area contributed by atoms with Gasteiger partial charge < -0.3 is 15.5 Å². The molecule has 6 heteroatoms. The summed E-state index contributed by atoms with van der Waals surface area (Å²) in [6.07, 6.45) is 4.02. The van der Waals surface area contributed by atoms with Gasteiger partial charge in [0, 0.05) is 19.5 Å². The molecule has 0 aromatic heterocycles. The molecule has 2 N–H and O–H groups in total. The summed E-state index contributed by atoms with van der Waals surface area (Å²) in [4.78, 5) is 27.7. The minimum Gasteiger partial charge on any atom is -0.338 e. The van der Waals surface area contributed by atoms with E-state index in [1.54, 1.807) is 0 Å². The Hall–Kier alpha value is -1.59. The Labute approximate surface area is 181 Å². The zero-order valence-electron chi connectivity index (χ0n) is 17.9. The van der Waals surface area contributed by atoms with Crippen LogP contribution in [0.3, 0.4) is 0 Å². The van der Waals surface area contributed by atoms with Crippen molar-refractivity contribution in [3.8, 4) is 0 Å². The van der Waals surface area contributed by atoms with Gasteiger partial charge in [-0.3, -0.25) is 9.59 Å². The highest BCUT2D eigenvalue weighted by molar-refractivity contribution is 6.03. The van der Waals surface area contributed by atoms with E-state index in [4.69, 9.17) is 0 Å². The van der Waals surface area contributed by atoms with Gasteiger partial charge in [0.25, 0.3) is 5.91 Å². The molecule has 2 amide bonds. The highest BCUT2D eigenvalue weighted by Crippen LogP contribution is 2.26. The summed E-state index contributed by atoms with van der Waals surface area (Å²) in [6, 6.07) is 7.42. The number of amides is 2. The Bertz CT molecular complexity index is 680. The van der Waals surface area contributed by atoms with Gasteiger partial charge in [-0.15, -0.1) is 12.4 Å². The molecule has 2 heterocycles. The summed E-state index contributed by atoms with van der Waals surface area (Å²) >= 11 is 0. The Morgan fingerprint density at radius 3 is 2.55 bits per heavy atom. The first kappa shape index (κ1) is 23.7. The first-order chi connectivity index (χ1) is 13.4. The number of halogens is 1. The monoisotopic (exact) mass is 421 g/mol. The van der Waals surface area contributed by atoms with Crippen LogP contribution < -0.4 is 10.6 Å². The van der Waals surface area contributed by atoms with E-state index in [-0.39, 0.29) is 24.2 Å². The van der Waals surface area contributed by atoms with Crippen molar-refractivity contribution in [1.29, 1.82) is 0 Å². The summed E-state index contributed by atoms with van der Waals surface area (Å²) in [5.41, 5.74) is 1.24. The molecule has 2 aliphatic heterocycles. The SMILES string of the molecule is CC1CC(C)CN(C(=O)c2ccccc2NC(=O)CC(C)C2CCCNC2)C1.Cl. The van der Waals surface area contributed by atoms with Gasteiger partial charge in [0.1, 0.15) is 0 Å². The molecule has 2 saturated heterocycles. The molecule has 0 saturated carbocycles. The van der Waals surface area contributed by atoms with Crippen LogP contribution in [-0.2, 0) is 4.79 Å². The summed E-state index contributed by atoms with van der Waals surface area (Å²) < 4.78 is 0. The Balaban J connectivity index is 0.00000300. The molecule has 0 spiro atoms. The lowest BCUT2D eigenvalue weighted by atomic mass is 9.85. The summed E-state index contributed by atoms with van der Waals surface area (Å²) in [5.74, 6) is 1.93. The number of rotatable bonds is 5. The lowest BCUT2D eigenvalue weighted by molar-refractivity contribution is -0.117. The fourth-order valence-corrected chi connectivity index (χ4v) is 4.80. The normalized spacial score (nSPS) is 25.6. The zero-order chi connectivity index (χ0) is 20.1. The Morgan fingerprint density at radius 1 is 1.21 bits per heavy atom. The van der Waals surface area contributed by atoms with Gasteiger partial charge in [-0.2, -0.15) is 0 Å². The average molecular weight is 422 g/mol. The van der Waals surface area contributed by atoms with Gasteiger partial charge in [0.2, 0.25) is 5.91 Å². The first-order valence-corrected chi connectivity index (χ1v) is 10.8. The quantitative estimate of drug-likeness (QED) is 0.749. The van der Waals surface area contributed by atoms with Crippen molar-refractivity contribution in [1.82, 2.24) is 10.2 Å². The average Bonchev–Trinajstić information content (AvgIpc) is 2.67. The minimum absolute atomic E-state index is 0. The van der Waals surface area contributed by atoms with Crippen LogP contribution in [0.25, 0.3) is 0 Å². The van der Waals surface area contributed by atoms with Gasteiger partial charge in [-0.1, -0.05) is 32.9 Å². The van der Waals surface area contributed by atoms with E-state index < -0.39 is 0 Å². The first-order valence-electron chi connectivity index (χ1n) is 10.8. The number of likely N-dealkylation sites (tertiary alicyclic amines) is 1. The highest BCUT2D eigenvalue weighted by atomic mass is 35.5. The van der Waals surface area contributed by atoms with Crippen molar-refractivity contribution >= 4 is 29.9 Å². The van der Waals surface area contributed by atoms with Crippen molar-refractivity contribution in [2.24, 2.45) is 23.7 Å². The smallest absolute Gasteiger partial charge is 0.255 e. The predicted octanol–water partition coefficient (Wildman–Crippen LogP) is 4.19. The number of nitrogens with one attached hydrogen (secondary N) is 2. The van der Waals surface area contributed by atoms with Crippen LogP contribution in [0, 0.1) is 23.7 Å². The Kier molecular flexibility index (Phi) is 8.97. The maximum Gasteiger partial charge on any atom is 0.255 e. The standard InChI is InChI=1S/C23H35N3O2.ClH/c1-16-11-17(2)15-26(14-16)23(28)20-8-4-5-9-21(20)25-22(27)12-18(3)19-7-6-10-24-13-19;/h4-5,8-9,16-19,24H,6-7,10-15H2,1-3H3,(H,25,27);1H. The van der Waals surface area contributed by atoms with Gasteiger partial charge in [0.15, 0.2) is 0 Å². The number of hydrogen-bond donors (Lipinski definition) is 2. The molecule has 4 unspecified atom stereocenters. The molecule has 162 valence electrons.